The number of benzene rings is 3. The summed E-state index contributed by atoms with van der Waals surface area (Å²) in [6.07, 6.45) is 9.94. The number of nitrogens with zero attached hydrogens (tertiary/aromatic N) is 8. The minimum Gasteiger partial charge on any atom is -0.508 e. The number of carbonyl (C=O) groups is 3. The van der Waals surface area contributed by atoms with Crippen molar-refractivity contribution in [1.82, 2.24) is 35.0 Å². The maximum absolute atomic E-state index is 17.2. The van der Waals surface area contributed by atoms with Crippen molar-refractivity contribution in [2.75, 3.05) is 81.9 Å². The summed E-state index contributed by atoms with van der Waals surface area (Å²) in [6.45, 7) is 14.1. The van der Waals surface area contributed by atoms with Crippen LogP contribution < -0.4 is 19.9 Å². The zero-order chi connectivity index (χ0) is 48.8. The molecular formula is C55H64FN9O6. The fourth-order valence-electron chi connectivity index (χ4n) is 13.0. The van der Waals surface area contributed by atoms with Crippen LogP contribution in [-0.2, 0) is 22.6 Å². The van der Waals surface area contributed by atoms with Crippen LogP contribution in [0.15, 0.2) is 54.7 Å². The number of carbonyl (C=O) groups excluding carboxylic acids is 3. The molecule has 1 saturated carbocycles. The second-order valence-electron chi connectivity index (χ2n) is 22.5. The number of hydrogen-bond acceptors (Lipinski definition) is 13. The molecule has 6 fully saturated rings. The molecule has 3 amide bonds. The van der Waals surface area contributed by atoms with E-state index in [2.05, 4.69) is 38.0 Å². The molecule has 1 spiro atoms. The van der Waals surface area contributed by atoms with Gasteiger partial charge in [-0.25, -0.2) is 4.39 Å². The fourth-order valence-corrected chi connectivity index (χ4v) is 13.0. The molecule has 372 valence electrons. The molecule has 8 heterocycles. The van der Waals surface area contributed by atoms with Crippen molar-refractivity contribution in [1.29, 1.82) is 0 Å². The first-order valence-electron chi connectivity index (χ1n) is 25.9. The summed E-state index contributed by atoms with van der Waals surface area (Å²) in [7, 11) is 0. The number of phenols is 1. The van der Waals surface area contributed by atoms with Gasteiger partial charge in [0.15, 0.2) is 5.82 Å². The van der Waals surface area contributed by atoms with Crippen LogP contribution >= 0.6 is 0 Å². The molecule has 1 unspecified atom stereocenters. The number of aryl methyl sites for hydroxylation is 1. The molecule has 15 nitrogen and oxygen atoms in total. The van der Waals surface area contributed by atoms with Gasteiger partial charge in [-0.15, -0.1) is 0 Å². The summed E-state index contributed by atoms with van der Waals surface area (Å²) in [5.41, 5.74) is 3.90. The quantitative estimate of drug-likeness (QED) is 0.117. The number of hydrogen-bond donors (Lipinski definition) is 3. The average molecular weight is 966 g/mol. The molecule has 7 aliphatic rings. The Labute approximate surface area is 413 Å². The standard InChI is InChI=1S/C55H64FN9O6/c1-3-35-6-4-7-36-23-39(66)24-41(45(35)36)47-46(56)48-42(25-57-47)49(64-18-5-13-53(2,70)29-64)60-52(59-48)71-33-55(14-15-55)32-61-19-12-34(26-61)27-62-30-54(31-62)16-20-63(21-17-54)38-8-9-40-37(22-38)28-65(51(40)69)43-10-11-44(67)58-50(43)68/h4,6-9,22-25,34,43,66,70H,3,5,10-21,26-33H2,1-2H3,(H,58,67,68)/t34-,43?,53-/m1/s1. The third-order valence-electron chi connectivity index (χ3n) is 17.0. The highest BCUT2D eigenvalue weighted by Gasteiger charge is 2.48. The van der Waals surface area contributed by atoms with Crippen LogP contribution in [0, 0.1) is 22.6 Å². The number of aliphatic hydroxyl groups is 1. The van der Waals surface area contributed by atoms with Crippen LogP contribution in [-0.4, -0.2) is 141 Å². The van der Waals surface area contributed by atoms with E-state index in [0.29, 0.717) is 72.7 Å². The third-order valence-corrected chi connectivity index (χ3v) is 17.0. The number of β-amino-alcohol motifs (C(OH)–C–C–N with tert-alkyl or cyclic N) is 1. The molecule has 0 bridgehead atoms. The number of aromatic nitrogens is 3. The number of pyridine rings is 1. The number of fused-ring (bicyclic) bond motifs is 3. The first-order valence-corrected chi connectivity index (χ1v) is 25.9. The minimum atomic E-state index is -0.927. The summed E-state index contributed by atoms with van der Waals surface area (Å²) in [5.74, 6) is -0.239. The van der Waals surface area contributed by atoms with Crippen LogP contribution in [0.25, 0.3) is 32.9 Å². The molecule has 6 aliphatic heterocycles. The van der Waals surface area contributed by atoms with E-state index in [-0.39, 0.29) is 52.5 Å². The summed E-state index contributed by atoms with van der Waals surface area (Å²) in [6, 6.07) is 14.8. The van der Waals surface area contributed by atoms with Crippen molar-refractivity contribution in [3.05, 3.63) is 77.2 Å². The van der Waals surface area contributed by atoms with Gasteiger partial charge in [-0.3, -0.25) is 24.7 Å². The Morgan fingerprint density at radius 1 is 0.901 bits per heavy atom. The lowest BCUT2D eigenvalue weighted by atomic mass is 9.71. The second kappa shape index (κ2) is 17.7. The number of phenolic OH excluding ortho intramolecular Hbond substituents is 1. The maximum atomic E-state index is 17.2. The van der Waals surface area contributed by atoms with Crippen LogP contribution in [0.2, 0.25) is 0 Å². The zero-order valence-electron chi connectivity index (χ0n) is 40.9. The van der Waals surface area contributed by atoms with Gasteiger partial charge < -0.3 is 39.4 Å². The Balaban J connectivity index is 0.670. The molecular weight excluding hydrogens is 902 g/mol. The number of nitrogens with one attached hydrogen (secondary N) is 1. The van der Waals surface area contributed by atoms with E-state index < -0.39 is 17.5 Å². The smallest absolute Gasteiger partial charge is 0.319 e. The lowest BCUT2D eigenvalue weighted by Crippen LogP contribution is -2.61. The molecule has 16 heteroatoms. The van der Waals surface area contributed by atoms with Gasteiger partial charge >= 0.3 is 6.01 Å². The van der Waals surface area contributed by atoms with Gasteiger partial charge in [0.25, 0.3) is 5.91 Å². The highest BCUT2D eigenvalue weighted by atomic mass is 19.1. The van der Waals surface area contributed by atoms with Crippen LogP contribution in [0.5, 0.6) is 11.8 Å². The summed E-state index contributed by atoms with van der Waals surface area (Å²) in [5, 5.41) is 26.4. The largest absolute Gasteiger partial charge is 0.508 e. The highest BCUT2D eigenvalue weighted by Crippen LogP contribution is 2.48. The topological polar surface area (TPSA) is 168 Å². The number of ether oxygens (including phenoxy) is 1. The van der Waals surface area contributed by atoms with Crippen LogP contribution in [0.4, 0.5) is 15.9 Å². The lowest BCUT2D eigenvalue weighted by Gasteiger charge is -2.55. The van der Waals surface area contributed by atoms with E-state index in [1.807, 2.05) is 42.2 Å². The monoisotopic (exact) mass is 965 g/mol. The van der Waals surface area contributed by atoms with Gasteiger partial charge in [-0.2, -0.15) is 9.97 Å². The van der Waals surface area contributed by atoms with E-state index in [0.717, 1.165) is 118 Å². The van der Waals surface area contributed by atoms with Gasteiger partial charge in [0.05, 0.1) is 17.6 Å². The van der Waals surface area contributed by atoms with Crippen molar-refractivity contribution < 1.29 is 33.7 Å². The number of anilines is 2. The molecule has 2 aromatic heterocycles. The normalized spacial score (nSPS) is 25.3. The van der Waals surface area contributed by atoms with Crippen LogP contribution in [0.1, 0.15) is 93.1 Å². The zero-order valence-corrected chi connectivity index (χ0v) is 40.9. The second-order valence-corrected chi connectivity index (χ2v) is 22.5. The molecule has 3 aromatic carbocycles. The predicted molar refractivity (Wildman–Crippen MR) is 268 cm³/mol. The molecule has 3 atom stereocenters. The SMILES string of the molecule is CCc1cccc2cc(O)cc(-c3ncc4c(N5CCC[C@@](C)(O)C5)nc(OCC5(CN6CC[C@@H](CN7CC8(CCN(c9ccc%10c(c9)CN(C9CCC(=O)NC9=O)C%10=O)CC8)C7)C6)CC5)nc4c3F)c12. The van der Waals surface area contributed by atoms with Gasteiger partial charge in [0.1, 0.15) is 28.8 Å². The highest BCUT2D eigenvalue weighted by molar-refractivity contribution is 6.06. The van der Waals surface area contributed by atoms with Gasteiger partial charge in [0.2, 0.25) is 11.8 Å². The third kappa shape index (κ3) is 8.73. The van der Waals surface area contributed by atoms with Crippen molar-refractivity contribution in [2.45, 2.75) is 96.2 Å². The van der Waals surface area contributed by atoms with Crippen molar-refractivity contribution >= 4 is 50.9 Å². The number of rotatable bonds is 12. The number of piperidine rings is 3. The number of halogens is 1. The lowest BCUT2D eigenvalue weighted by molar-refractivity contribution is -0.136. The Hall–Kier alpha value is -5.97. The number of amides is 3. The van der Waals surface area contributed by atoms with E-state index in [1.165, 1.54) is 6.42 Å². The van der Waals surface area contributed by atoms with E-state index >= 15 is 4.39 Å². The molecule has 0 radical (unpaired) electrons. The molecule has 1 aliphatic carbocycles. The Kier molecular flexibility index (Phi) is 11.5. The molecule has 12 rings (SSSR count). The van der Waals surface area contributed by atoms with Crippen molar-refractivity contribution in [3.63, 3.8) is 0 Å². The average Bonchev–Trinajstić information content (AvgIpc) is 3.84. The maximum Gasteiger partial charge on any atom is 0.319 e. The number of aromatic hydroxyl groups is 1. The van der Waals surface area contributed by atoms with E-state index in [1.54, 1.807) is 23.2 Å². The van der Waals surface area contributed by atoms with Gasteiger partial charge in [-0.1, -0.05) is 25.1 Å². The first-order chi connectivity index (χ1) is 34.2. The number of imide groups is 1. The van der Waals surface area contributed by atoms with Gasteiger partial charge in [0, 0.05) is 100 Å². The molecule has 5 aromatic rings. The molecule has 3 N–H and O–H groups in total. The molecule has 71 heavy (non-hydrogen) atoms. The van der Waals surface area contributed by atoms with Gasteiger partial charge in [-0.05, 0) is 135 Å². The summed E-state index contributed by atoms with van der Waals surface area (Å²) >= 11 is 0. The Morgan fingerprint density at radius 3 is 2.51 bits per heavy atom. The summed E-state index contributed by atoms with van der Waals surface area (Å²) in [4.78, 5) is 63.2. The number of likely N-dealkylation sites (tertiary alicyclic amines) is 2. The van der Waals surface area contributed by atoms with E-state index in [4.69, 9.17) is 14.7 Å². The summed E-state index contributed by atoms with van der Waals surface area (Å²) < 4.78 is 23.7. The Morgan fingerprint density at radius 2 is 1.73 bits per heavy atom. The Bertz CT molecular complexity index is 2960. The van der Waals surface area contributed by atoms with Crippen molar-refractivity contribution in [2.24, 2.45) is 16.7 Å². The minimum absolute atomic E-state index is 0.0166. The molecule has 5 saturated heterocycles. The van der Waals surface area contributed by atoms with Crippen LogP contribution in [0.3, 0.4) is 0 Å². The first kappa shape index (κ1) is 46.1. The van der Waals surface area contributed by atoms with E-state index in [9.17, 15) is 24.6 Å². The predicted octanol–water partition coefficient (Wildman–Crippen LogP) is 6.45. The fraction of sp³-hybridized carbons (Fsp3) is 0.527. The van der Waals surface area contributed by atoms with Crippen molar-refractivity contribution in [3.8, 4) is 23.0 Å².